The molecule has 1 saturated carbocycles. The first-order valence-electron chi connectivity index (χ1n) is 9.72. The molecule has 0 spiro atoms. The van der Waals surface area contributed by atoms with E-state index in [-0.39, 0.29) is 0 Å². The Bertz CT molecular complexity index is 275. The fraction of sp³-hybridized carbons (Fsp3) is 1.00. The number of nitrogens with zero attached hydrogens (tertiary/aromatic N) is 1. The second-order valence-electron chi connectivity index (χ2n) is 7.72. The molecule has 0 amide bonds. The molecule has 1 aliphatic heterocycles. The van der Waals surface area contributed by atoms with Crippen LogP contribution in [0, 0.1) is 5.92 Å². The predicted molar refractivity (Wildman–Crippen MR) is 92.8 cm³/mol. The average molecular weight is 295 g/mol. The highest BCUT2D eigenvalue weighted by molar-refractivity contribution is 5.00. The average Bonchev–Trinajstić information content (AvgIpc) is 3.30. The van der Waals surface area contributed by atoms with Gasteiger partial charge in [-0.2, -0.15) is 0 Å². The molecule has 1 atom stereocenters. The van der Waals surface area contributed by atoms with Crippen LogP contribution in [0.25, 0.3) is 0 Å². The summed E-state index contributed by atoms with van der Waals surface area (Å²) < 4.78 is 0. The summed E-state index contributed by atoms with van der Waals surface area (Å²) in [5.41, 5.74) is 0.413. The molecule has 0 aromatic carbocycles. The summed E-state index contributed by atoms with van der Waals surface area (Å²) >= 11 is 0. The third-order valence-corrected chi connectivity index (χ3v) is 5.54. The molecule has 2 nitrogen and oxygen atoms in total. The summed E-state index contributed by atoms with van der Waals surface area (Å²) in [6.07, 6.45) is 15.7. The largest absolute Gasteiger partial charge is 0.310 e. The molecule has 0 aromatic rings. The maximum atomic E-state index is 3.84. The third kappa shape index (κ3) is 6.28. The fourth-order valence-electron chi connectivity index (χ4n) is 3.93. The van der Waals surface area contributed by atoms with E-state index in [0.29, 0.717) is 5.54 Å². The first kappa shape index (κ1) is 17.3. The molecular formula is C19H38N2. The molecular weight excluding hydrogens is 256 g/mol. The number of hydrogen-bond acceptors (Lipinski definition) is 2. The van der Waals surface area contributed by atoms with E-state index in [9.17, 15) is 0 Å². The lowest BCUT2D eigenvalue weighted by Crippen LogP contribution is -2.51. The summed E-state index contributed by atoms with van der Waals surface area (Å²) in [6.45, 7) is 9.92. The van der Waals surface area contributed by atoms with E-state index in [2.05, 4.69) is 24.1 Å². The molecule has 1 N–H and O–H groups in total. The Labute approximate surface area is 133 Å². The Morgan fingerprint density at radius 2 is 1.67 bits per heavy atom. The van der Waals surface area contributed by atoms with Gasteiger partial charge in [-0.05, 0) is 58.2 Å². The normalized spacial score (nSPS) is 27.7. The third-order valence-electron chi connectivity index (χ3n) is 5.54. The van der Waals surface area contributed by atoms with Gasteiger partial charge in [0, 0.05) is 12.1 Å². The molecule has 21 heavy (non-hydrogen) atoms. The Kier molecular flexibility index (Phi) is 7.53. The highest BCUT2D eigenvalue weighted by atomic mass is 15.2. The molecule has 2 rings (SSSR count). The van der Waals surface area contributed by atoms with E-state index in [1.165, 1.54) is 96.8 Å². The SMILES string of the molecule is CCCCCCCCCCN1CCCNC(C)(C2CC2)C1. The first-order valence-corrected chi connectivity index (χ1v) is 9.72. The van der Waals surface area contributed by atoms with Gasteiger partial charge in [0.1, 0.15) is 0 Å². The van der Waals surface area contributed by atoms with Crippen LogP contribution in [0.5, 0.6) is 0 Å². The number of nitrogens with one attached hydrogen (secondary N) is 1. The van der Waals surface area contributed by atoms with Crippen molar-refractivity contribution >= 4 is 0 Å². The molecule has 0 bridgehead atoms. The first-order chi connectivity index (χ1) is 10.2. The zero-order valence-electron chi connectivity index (χ0n) is 14.6. The fourth-order valence-corrected chi connectivity index (χ4v) is 3.93. The zero-order valence-corrected chi connectivity index (χ0v) is 14.6. The second kappa shape index (κ2) is 9.15. The second-order valence-corrected chi connectivity index (χ2v) is 7.72. The summed E-state index contributed by atoms with van der Waals surface area (Å²) in [6, 6.07) is 0. The Morgan fingerprint density at radius 1 is 1.00 bits per heavy atom. The Hall–Kier alpha value is -0.0800. The molecule has 2 heteroatoms. The van der Waals surface area contributed by atoms with E-state index >= 15 is 0 Å². The molecule has 2 aliphatic rings. The van der Waals surface area contributed by atoms with Crippen LogP contribution in [-0.2, 0) is 0 Å². The van der Waals surface area contributed by atoms with Crippen molar-refractivity contribution in [2.45, 2.75) is 90.0 Å². The van der Waals surface area contributed by atoms with Crippen molar-refractivity contribution in [2.75, 3.05) is 26.2 Å². The lowest BCUT2D eigenvalue weighted by Gasteiger charge is -2.34. The minimum Gasteiger partial charge on any atom is -0.310 e. The van der Waals surface area contributed by atoms with Crippen LogP contribution in [-0.4, -0.2) is 36.6 Å². The van der Waals surface area contributed by atoms with Gasteiger partial charge < -0.3 is 10.2 Å². The lowest BCUT2D eigenvalue weighted by molar-refractivity contribution is 0.198. The lowest BCUT2D eigenvalue weighted by atomic mass is 9.95. The van der Waals surface area contributed by atoms with Crippen LogP contribution >= 0.6 is 0 Å². The van der Waals surface area contributed by atoms with Crippen molar-refractivity contribution in [3.8, 4) is 0 Å². The topological polar surface area (TPSA) is 15.3 Å². The number of hydrogen-bond donors (Lipinski definition) is 1. The Morgan fingerprint density at radius 3 is 2.33 bits per heavy atom. The van der Waals surface area contributed by atoms with Crippen molar-refractivity contribution in [1.29, 1.82) is 0 Å². The summed E-state index contributed by atoms with van der Waals surface area (Å²) in [7, 11) is 0. The van der Waals surface area contributed by atoms with Crippen LogP contribution in [0.4, 0.5) is 0 Å². The molecule has 1 unspecified atom stereocenters. The van der Waals surface area contributed by atoms with Gasteiger partial charge in [-0.25, -0.2) is 0 Å². The number of rotatable bonds is 10. The molecule has 2 fully saturated rings. The zero-order chi connectivity index (χ0) is 15.0. The molecule has 1 heterocycles. The van der Waals surface area contributed by atoms with E-state index < -0.39 is 0 Å². The van der Waals surface area contributed by atoms with Gasteiger partial charge in [0.2, 0.25) is 0 Å². The van der Waals surface area contributed by atoms with Crippen LogP contribution in [0.15, 0.2) is 0 Å². The van der Waals surface area contributed by atoms with E-state index in [1.807, 2.05) is 0 Å². The van der Waals surface area contributed by atoms with Gasteiger partial charge in [0.25, 0.3) is 0 Å². The standard InChI is InChI=1S/C19H38N2/c1-3-4-5-6-7-8-9-10-15-21-16-11-14-20-19(2,17-21)18-12-13-18/h18,20H,3-17H2,1-2H3. The maximum absolute atomic E-state index is 3.84. The van der Waals surface area contributed by atoms with Gasteiger partial charge >= 0.3 is 0 Å². The van der Waals surface area contributed by atoms with Gasteiger partial charge in [-0.3, -0.25) is 0 Å². The molecule has 0 radical (unpaired) electrons. The quantitative estimate of drug-likeness (QED) is 0.593. The smallest absolute Gasteiger partial charge is 0.0308 e. The Balaban J connectivity index is 1.55. The summed E-state index contributed by atoms with van der Waals surface area (Å²) in [4.78, 5) is 2.75. The minimum absolute atomic E-state index is 0.413. The van der Waals surface area contributed by atoms with Crippen LogP contribution in [0.3, 0.4) is 0 Å². The summed E-state index contributed by atoms with van der Waals surface area (Å²) in [5.74, 6) is 0.955. The van der Waals surface area contributed by atoms with Crippen molar-refractivity contribution in [3.63, 3.8) is 0 Å². The predicted octanol–water partition coefficient (Wildman–Crippen LogP) is 4.59. The van der Waals surface area contributed by atoms with E-state index in [4.69, 9.17) is 0 Å². The van der Waals surface area contributed by atoms with Gasteiger partial charge in [-0.1, -0.05) is 51.9 Å². The highest BCUT2D eigenvalue weighted by Gasteiger charge is 2.42. The van der Waals surface area contributed by atoms with Crippen LogP contribution in [0.2, 0.25) is 0 Å². The van der Waals surface area contributed by atoms with E-state index in [0.717, 1.165) is 5.92 Å². The van der Waals surface area contributed by atoms with Crippen molar-refractivity contribution < 1.29 is 0 Å². The summed E-state index contributed by atoms with van der Waals surface area (Å²) in [5, 5.41) is 3.84. The van der Waals surface area contributed by atoms with Gasteiger partial charge in [0.05, 0.1) is 0 Å². The van der Waals surface area contributed by atoms with Crippen LogP contribution < -0.4 is 5.32 Å². The highest BCUT2D eigenvalue weighted by Crippen LogP contribution is 2.40. The van der Waals surface area contributed by atoms with Crippen molar-refractivity contribution in [1.82, 2.24) is 10.2 Å². The minimum atomic E-state index is 0.413. The number of unbranched alkanes of at least 4 members (excludes halogenated alkanes) is 7. The molecule has 1 saturated heterocycles. The van der Waals surface area contributed by atoms with Crippen molar-refractivity contribution in [2.24, 2.45) is 5.92 Å². The van der Waals surface area contributed by atoms with Gasteiger partial charge in [0.15, 0.2) is 0 Å². The molecule has 0 aromatic heterocycles. The van der Waals surface area contributed by atoms with Crippen molar-refractivity contribution in [3.05, 3.63) is 0 Å². The van der Waals surface area contributed by atoms with E-state index in [1.54, 1.807) is 0 Å². The molecule has 124 valence electrons. The van der Waals surface area contributed by atoms with Crippen LogP contribution in [0.1, 0.15) is 84.5 Å². The monoisotopic (exact) mass is 294 g/mol. The van der Waals surface area contributed by atoms with Gasteiger partial charge in [-0.15, -0.1) is 0 Å². The maximum Gasteiger partial charge on any atom is 0.0308 e. The molecule has 1 aliphatic carbocycles.